The van der Waals surface area contributed by atoms with Crippen LogP contribution in [0, 0.1) is 18.7 Å². The summed E-state index contributed by atoms with van der Waals surface area (Å²) in [5.74, 6) is -0.123. The number of amides is 1. The molecule has 0 heterocycles. The molecule has 1 amide bonds. The minimum Gasteiger partial charge on any atom is -0.391 e. The van der Waals surface area contributed by atoms with Crippen molar-refractivity contribution in [2.75, 3.05) is 0 Å². The highest BCUT2D eigenvalue weighted by atomic mass is 32.1. The van der Waals surface area contributed by atoms with Gasteiger partial charge in [-0.25, -0.2) is 4.39 Å². The van der Waals surface area contributed by atoms with E-state index in [2.05, 4.69) is 12.2 Å². The monoisotopic (exact) mass is 308 g/mol. The van der Waals surface area contributed by atoms with Gasteiger partial charge >= 0.3 is 0 Å². The van der Waals surface area contributed by atoms with Crippen LogP contribution < -0.4 is 11.1 Å². The zero-order valence-electron chi connectivity index (χ0n) is 12.4. The first-order valence-electron chi connectivity index (χ1n) is 7.22. The molecule has 0 unspecified atom stereocenters. The van der Waals surface area contributed by atoms with Crippen LogP contribution in [0.5, 0.6) is 0 Å². The molecule has 0 atom stereocenters. The van der Waals surface area contributed by atoms with E-state index >= 15 is 0 Å². The number of nitrogens with one attached hydrogen (secondary N) is 1. The second kappa shape index (κ2) is 6.10. The van der Waals surface area contributed by atoms with Gasteiger partial charge in [-0.3, -0.25) is 4.79 Å². The van der Waals surface area contributed by atoms with Gasteiger partial charge in [0.1, 0.15) is 5.82 Å². The Morgan fingerprint density at radius 2 is 2.05 bits per heavy atom. The lowest BCUT2D eigenvalue weighted by atomic mass is 9.77. The van der Waals surface area contributed by atoms with Crippen molar-refractivity contribution in [2.24, 2.45) is 11.7 Å². The molecule has 1 saturated carbocycles. The van der Waals surface area contributed by atoms with Crippen LogP contribution in [0.15, 0.2) is 18.2 Å². The summed E-state index contributed by atoms with van der Waals surface area (Å²) in [7, 11) is 0. The van der Waals surface area contributed by atoms with Gasteiger partial charge in [-0.15, -0.1) is 0 Å². The molecular weight excluding hydrogens is 287 g/mol. The molecule has 0 aliphatic heterocycles. The number of thiocarbonyl (C=S) groups is 1. The van der Waals surface area contributed by atoms with E-state index in [0.717, 1.165) is 31.2 Å². The summed E-state index contributed by atoms with van der Waals surface area (Å²) in [6, 6.07) is 4.20. The van der Waals surface area contributed by atoms with Gasteiger partial charge in [0.2, 0.25) is 0 Å². The Labute approximate surface area is 130 Å². The third-order valence-electron chi connectivity index (χ3n) is 4.40. The molecule has 0 radical (unpaired) electrons. The molecule has 1 aliphatic rings. The number of rotatable bonds is 3. The molecule has 0 saturated heterocycles. The van der Waals surface area contributed by atoms with E-state index in [-0.39, 0.29) is 5.91 Å². The zero-order valence-corrected chi connectivity index (χ0v) is 13.2. The summed E-state index contributed by atoms with van der Waals surface area (Å²) in [6.45, 7) is 3.97. The normalized spacial score (nSPS) is 25.4. The van der Waals surface area contributed by atoms with E-state index in [0.29, 0.717) is 16.5 Å². The van der Waals surface area contributed by atoms with Crippen LogP contribution in [0.1, 0.15) is 48.5 Å². The number of carbonyl (C=O) groups excluding carboxylic acids is 1. The number of hydrogen-bond donors (Lipinski definition) is 2. The first kappa shape index (κ1) is 15.9. The maximum atomic E-state index is 13.4. The van der Waals surface area contributed by atoms with E-state index in [9.17, 15) is 9.18 Å². The summed E-state index contributed by atoms with van der Waals surface area (Å²) in [4.78, 5) is 12.8. The molecule has 3 nitrogen and oxygen atoms in total. The Balaban J connectivity index is 2.23. The number of halogens is 1. The summed E-state index contributed by atoms with van der Waals surface area (Å²) in [5, 5.41) is 2.96. The predicted molar refractivity (Wildman–Crippen MR) is 85.8 cm³/mol. The van der Waals surface area contributed by atoms with Crippen LogP contribution in [0.2, 0.25) is 0 Å². The van der Waals surface area contributed by atoms with E-state index < -0.39 is 11.4 Å². The van der Waals surface area contributed by atoms with Crippen molar-refractivity contribution in [3.05, 3.63) is 35.1 Å². The third kappa shape index (κ3) is 3.40. The molecule has 21 heavy (non-hydrogen) atoms. The average Bonchev–Trinajstić information content (AvgIpc) is 2.44. The fourth-order valence-electron chi connectivity index (χ4n) is 2.81. The van der Waals surface area contributed by atoms with Gasteiger partial charge in [-0.1, -0.05) is 25.2 Å². The standard InChI is InChI=1S/C16H21FN2OS/c1-10-5-7-16(8-6-10,15(18)21)19-14(20)13-9-12(17)4-3-11(13)2/h3-4,9-10H,5-8H2,1-2H3,(H2,18,21)(H,19,20). The molecule has 5 heteroatoms. The lowest BCUT2D eigenvalue weighted by Crippen LogP contribution is -2.58. The largest absolute Gasteiger partial charge is 0.391 e. The highest BCUT2D eigenvalue weighted by Crippen LogP contribution is 2.32. The SMILES string of the molecule is Cc1ccc(F)cc1C(=O)NC1(C(N)=S)CCC(C)CC1. The molecule has 0 bridgehead atoms. The second-order valence-electron chi connectivity index (χ2n) is 6.04. The van der Waals surface area contributed by atoms with E-state index in [1.54, 1.807) is 13.0 Å². The predicted octanol–water partition coefficient (Wildman–Crippen LogP) is 3.10. The summed E-state index contributed by atoms with van der Waals surface area (Å²) in [5.41, 5.74) is 6.31. The molecule has 0 spiro atoms. The van der Waals surface area contributed by atoms with Crippen molar-refractivity contribution >= 4 is 23.1 Å². The highest BCUT2D eigenvalue weighted by Gasteiger charge is 2.38. The van der Waals surface area contributed by atoms with Gasteiger partial charge in [0.15, 0.2) is 0 Å². The average molecular weight is 308 g/mol. The van der Waals surface area contributed by atoms with Crippen LogP contribution in [0.25, 0.3) is 0 Å². The molecule has 3 N–H and O–H groups in total. The molecule has 1 fully saturated rings. The molecule has 1 aromatic rings. The third-order valence-corrected chi connectivity index (χ3v) is 4.79. The van der Waals surface area contributed by atoms with Crippen molar-refractivity contribution in [3.63, 3.8) is 0 Å². The second-order valence-corrected chi connectivity index (χ2v) is 6.48. The van der Waals surface area contributed by atoms with E-state index in [4.69, 9.17) is 18.0 Å². The minimum absolute atomic E-state index is 0.311. The van der Waals surface area contributed by atoms with Gasteiger partial charge < -0.3 is 11.1 Å². The van der Waals surface area contributed by atoms with Crippen LogP contribution in [0.3, 0.4) is 0 Å². The number of hydrogen-bond acceptors (Lipinski definition) is 2. The van der Waals surface area contributed by atoms with Crippen molar-refractivity contribution in [1.82, 2.24) is 5.32 Å². The van der Waals surface area contributed by atoms with Crippen LogP contribution >= 0.6 is 12.2 Å². The van der Waals surface area contributed by atoms with Gasteiger partial charge in [0.05, 0.1) is 10.5 Å². The van der Waals surface area contributed by atoms with Gasteiger partial charge in [-0.05, 0) is 56.2 Å². The number of aryl methyl sites for hydroxylation is 1. The Morgan fingerprint density at radius 1 is 1.43 bits per heavy atom. The smallest absolute Gasteiger partial charge is 0.252 e. The highest BCUT2D eigenvalue weighted by molar-refractivity contribution is 7.80. The summed E-state index contributed by atoms with van der Waals surface area (Å²) >= 11 is 5.18. The van der Waals surface area contributed by atoms with Crippen LogP contribution in [0.4, 0.5) is 4.39 Å². The maximum absolute atomic E-state index is 13.4. The Morgan fingerprint density at radius 3 is 2.62 bits per heavy atom. The van der Waals surface area contributed by atoms with Gasteiger partial charge in [0, 0.05) is 5.56 Å². The Kier molecular flexibility index (Phi) is 4.61. The maximum Gasteiger partial charge on any atom is 0.252 e. The van der Waals surface area contributed by atoms with Crippen LogP contribution in [-0.2, 0) is 0 Å². The molecule has 1 aliphatic carbocycles. The quantitative estimate of drug-likeness (QED) is 0.844. The van der Waals surface area contributed by atoms with Crippen molar-refractivity contribution in [1.29, 1.82) is 0 Å². The number of carbonyl (C=O) groups is 1. The van der Waals surface area contributed by atoms with Crippen LogP contribution in [-0.4, -0.2) is 16.4 Å². The summed E-state index contributed by atoms with van der Waals surface area (Å²) in [6.07, 6.45) is 3.42. The Bertz CT molecular complexity index is 565. The molecule has 114 valence electrons. The first-order valence-corrected chi connectivity index (χ1v) is 7.63. The minimum atomic E-state index is -0.641. The van der Waals surface area contributed by atoms with E-state index in [1.165, 1.54) is 12.1 Å². The molecule has 2 rings (SSSR count). The van der Waals surface area contributed by atoms with Crippen molar-refractivity contribution in [2.45, 2.75) is 45.1 Å². The van der Waals surface area contributed by atoms with Gasteiger partial charge in [-0.2, -0.15) is 0 Å². The van der Waals surface area contributed by atoms with Crippen molar-refractivity contribution in [3.8, 4) is 0 Å². The van der Waals surface area contributed by atoms with Gasteiger partial charge in [0.25, 0.3) is 5.91 Å². The lowest BCUT2D eigenvalue weighted by molar-refractivity contribution is 0.0899. The fraction of sp³-hybridized carbons (Fsp3) is 0.500. The topological polar surface area (TPSA) is 55.1 Å². The fourth-order valence-corrected chi connectivity index (χ4v) is 3.07. The number of nitrogens with two attached hydrogens (primary N) is 1. The molecular formula is C16H21FN2OS. The molecule has 0 aromatic heterocycles. The number of benzene rings is 1. The van der Waals surface area contributed by atoms with Crippen molar-refractivity contribution < 1.29 is 9.18 Å². The molecule has 1 aromatic carbocycles. The lowest BCUT2D eigenvalue weighted by Gasteiger charge is -2.39. The summed E-state index contributed by atoms with van der Waals surface area (Å²) < 4.78 is 13.4. The Hall–Kier alpha value is -1.49. The van der Waals surface area contributed by atoms with E-state index in [1.807, 2.05) is 0 Å². The zero-order chi connectivity index (χ0) is 15.6. The first-order chi connectivity index (χ1) is 9.84.